The third kappa shape index (κ3) is 4.24. The first kappa shape index (κ1) is 17.8. The van der Waals surface area contributed by atoms with E-state index in [1.54, 1.807) is 29.2 Å². The summed E-state index contributed by atoms with van der Waals surface area (Å²) < 4.78 is 0. The van der Waals surface area contributed by atoms with Gasteiger partial charge in [0.15, 0.2) is 0 Å². The van der Waals surface area contributed by atoms with Gasteiger partial charge in [-0.2, -0.15) is 0 Å². The summed E-state index contributed by atoms with van der Waals surface area (Å²) in [6.07, 6.45) is 0.823. The molecule has 24 heavy (non-hydrogen) atoms. The van der Waals surface area contributed by atoms with Crippen LogP contribution < -0.4 is 11.1 Å². The molecule has 1 unspecified atom stereocenters. The SMILES string of the molecule is CCC(C)C(=O)N1CCN(C(=O)c2ccc(NC(N)=O)cc2)CC1. The van der Waals surface area contributed by atoms with Crippen LogP contribution in [-0.4, -0.2) is 53.8 Å². The lowest BCUT2D eigenvalue weighted by atomic mass is 10.1. The van der Waals surface area contributed by atoms with E-state index in [0.717, 1.165) is 6.42 Å². The maximum absolute atomic E-state index is 12.5. The van der Waals surface area contributed by atoms with Crippen LogP contribution in [0.4, 0.5) is 10.5 Å². The number of rotatable bonds is 4. The lowest BCUT2D eigenvalue weighted by Gasteiger charge is -2.36. The fraction of sp³-hybridized carbons (Fsp3) is 0.471. The van der Waals surface area contributed by atoms with Crippen LogP contribution in [0.3, 0.4) is 0 Å². The summed E-state index contributed by atoms with van der Waals surface area (Å²) >= 11 is 0. The molecule has 0 aromatic heterocycles. The van der Waals surface area contributed by atoms with Gasteiger partial charge in [-0.25, -0.2) is 4.79 Å². The lowest BCUT2D eigenvalue weighted by Crippen LogP contribution is -2.51. The highest BCUT2D eigenvalue weighted by Gasteiger charge is 2.26. The number of carbonyl (C=O) groups is 3. The molecule has 1 heterocycles. The van der Waals surface area contributed by atoms with Crippen LogP contribution in [0.25, 0.3) is 0 Å². The zero-order valence-corrected chi connectivity index (χ0v) is 14.1. The Hall–Kier alpha value is -2.57. The van der Waals surface area contributed by atoms with Crippen LogP contribution in [0.5, 0.6) is 0 Å². The molecule has 130 valence electrons. The number of carbonyl (C=O) groups excluding carboxylic acids is 3. The molecule has 0 saturated carbocycles. The molecule has 0 spiro atoms. The molecule has 1 saturated heterocycles. The average Bonchev–Trinajstić information content (AvgIpc) is 2.60. The average molecular weight is 332 g/mol. The second-order valence-corrected chi connectivity index (χ2v) is 5.99. The quantitative estimate of drug-likeness (QED) is 0.875. The number of anilines is 1. The molecule has 4 amide bonds. The van der Waals surface area contributed by atoms with Crippen molar-refractivity contribution < 1.29 is 14.4 Å². The number of nitrogens with one attached hydrogen (secondary N) is 1. The van der Waals surface area contributed by atoms with Crippen molar-refractivity contribution in [3.05, 3.63) is 29.8 Å². The molecule has 1 aromatic rings. The smallest absolute Gasteiger partial charge is 0.316 e. The van der Waals surface area contributed by atoms with Crippen molar-refractivity contribution in [1.29, 1.82) is 0 Å². The molecule has 1 aromatic carbocycles. The minimum Gasteiger partial charge on any atom is -0.351 e. The molecular formula is C17H24N4O3. The van der Waals surface area contributed by atoms with Crippen molar-refractivity contribution >= 4 is 23.5 Å². The van der Waals surface area contributed by atoms with Gasteiger partial charge in [0.25, 0.3) is 5.91 Å². The molecular weight excluding hydrogens is 308 g/mol. The van der Waals surface area contributed by atoms with Crippen molar-refractivity contribution in [3.8, 4) is 0 Å². The predicted molar refractivity (Wildman–Crippen MR) is 91.6 cm³/mol. The summed E-state index contributed by atoms with van der Waals surface area (Å²) in [5.41, 5.74) is 6.14. The molecule has 1 aliphatic heterocycles. The Kier molecular flexibility index (Phi) is 5.78. The summed E-state index contributed by atoms with van der Waals surface area (Å²) in [7, 11) is 0. The number of amides is 4. The Morgan fingerprint density at radius 1 is 1.08 bits per heavy atom. The van der Waals surface area contributed by atoms with Crippen molar-refractivity contribution in [3.63, 3.8) is 0 Å². The van der Waals surface area contributed by atoms with E-state index in [4.69, 9.17) is 5.73 Å². The summed E-state index contributed by atoms with van der Waals surface area (Å²) in [6, 6.07) is 5.95. The first-order valence-electron chi connectivity index (χ1n) is 8.17. The van der Waals surface area contributed by atoms with Gasteiger partial charge in [-0.1, -0.05) is 13.8 Å². The topological polar surface area (TPSA) is 95.7 Å². The monoisotopic (exact) mass is 332 g/mol. The van der Waals surface area contributed by atoms with Gasteiger partial charge < -0.3 is 20.9 Å². The second kappa shape index (κ2) is 7.81. The van der Waals surface area contributed by atoms with Gasteiger partial charge >= 0.3 is 6.03 Å². The first-order valence-corrected chi connectivity index (χ1v) is 8.17. The summed E-state index contributed by atoms with van der Waals surface area (Å²) in [6.45, 7) is 6.12. The number of primary amides is 1. The standard InChI is InChI=1S/C17H24N4O3/c1-3-12(2)15(22)20-8-10-21(11-9-20)16(23)13-4-6-14(7-5-13)19-17(18)24/h4-7,12H,3,8-11H2,1-2H3,(H3,18,19,24). The van der Waals surface area contributed by atoms with E-state index in [2.05, 4.69) is 5.32 Å². The van der Waals surface area contributed by atoms with Gasteiger partial charge in [0.05, 0.1) is 0 Å². The largest absolute Gasteiger partial charge is 0.351 e. The third-order valence-corrected chi connectivity index (χ3v) is 4.31. The van der Waals surface area contributed by atoms with Crippen molar-refractivity contribution in [1.82, 2.24) is 9.80 Å². The van der Waals surface area contributed by atoms with E-state index < -0.39 is 6.03 Å². The van der Waals surface area contributed by atoms with Crippen LogP contribution in [0.15, 0.2) is 24.3 Å². The van der Waals surface area contributed by atoms with Crippen molar-refractivity contribution in [2.45, 2.75) is 20.3 Å². The highest BCUT2D eigenvalue weighted by molar-refractivity contribution is 5.95. The molecule has 0 bridgehead atoms. The van der Waals surface area contributed by atoms with Gasteiger partial charge in [-0.05, 0) is 30.7 Å². The number of piperazine rings is 1. The van der Waals surface area contributed by atoms with E-state index in [0.29, 0.717) is 37.4 Å². The zero-order chi connectivity index (χ0) is 17.7. The van der Waals surface area contributed by atoms with Crippen LogP contribution in [0, 0.1) is 5.92 Å². The Morgan fingerprint density at radius 2 is 1.62 bits per heavy atom. The molecule has 1 aliphatic rings. The van der Waals surface area contributed by atoms with Crippen molar-refractivity contribution in [2.24, 2.45) is 11.7 Å². The maximum atomic E-state index is 12.5. The highest BCUT2D eigenvalue weighted by Crippen LogP contribution is 2.14. The van der Waals surface area contributed by atoms with Crippen LogP contribution in [0.2, 0.25) is 0 Å². The number of nitrogens with zero attached hydrogens (tertiary/aromatic N) is 2. The Morgan fingerprint density at radius 3 is 2.12 bits per heavy atom. The molecule has 7 nitrogen and oxygen atoms in total. The van der Waals surface area contributed by atoms with Crippen LogP contribution in [0.1, 0.15) is 30.6 Å². The van der Waals surface area contributed by atoms with Gasteiger partial charge in [0, 0.05) is 43.3 Å². The molecule has 0 radical (unpaired) electrons. The molecule has 1 fully saturated rings. The highest BCUT2D eigenvalue weighted by atomic mass is 16.2. The van der Waals surface area contributed by atoms with Gasteiger partial charge in [-0.3, -0.25) is 9.59 Å². The van der Waals surface area contributed by atoms with E-state index in [1.165, 1.54) is 0 Å². The van der Waals surface area contributed by atoms with E-state index >= 15 is 0 Å². The summed E-state index contributed by atoms with van der Waals surface area (Å²) in [5, 5.41) is 2.45. The second-order valence-electron chi connectivity index (χ2n) is 5.99. The molecule has 3 N–H and O–H groups in total. The predicted octanol–water partition coefficient (Wildman–Crippen LogP) is 1.51. The number of hydrogen-bond donors (Lipinski definition) is 2. The minimum atomic E-state index is -0.642. The summed E-state index contributed by atoms with van der Waals surface area (Å²) in [5.74, 6) is 0.111. The van der Waals surface area contributed by atoms with E-state index in [-0.39, 0.29) is 17.7 Å². The van der Waals surface area contributed by atoms with Crippen LogP contribution in [-0.2, 0) is 4.79 Å². The Labute approximate surface area is 141 Å². The number of urea groups is 1. The van der Waals surface area contributed by atoms with E-state index in [1.807, 2.05) is 18.7 Å². The maximum Gasteiger partial charge on any atom is 0.316 e. The number of hydrogen-bond acceptors (Lipinski definition) is 3. The molecule has 0 aliphatic carbocycles. The first-order chi connectivity index (χ1) is 11.4. The Bertz CT molecular complexity index is 607. The lowest BCUT2D eigenvalue weighted by molar-refractivity contribution is -0.136. The van der Waals surface area contributed by atoms with Crippen LogP contribution >= 0.6 is 0 Å². The van der Waals surface area contributed by atoms with Gasteiger partial charge in [0.2, 0.25) is 5.91 Å². The normalized spacial score (nSPS) is 15.8. The fourth-order valence-corrected chi connectivity index (χ4v) is 2.64. The zero-order valence-electron chi connectivity index (χ0n) is 14.1. The molecule has 1 atom stereocenters. The van der Waals surface area contributed by atoms with E-state index in [9.17, 15) is 14.4 Å². The van der Waals surface area contributed by atoms with Gasteiger partial charge in [0.1, 0.15) is 0 Å². The van der Waals surface area contributed by atoms with Crippen molar-refractivity contribution in [2.75, 3.05) is 31.5 Å². The minimum absolute atomic E-state index is 0.0255. The Balaban J connectivity index is 1.93. The molecule has 2 rings (SSSR count). The number of nitrogens with two attached hydrogens (primary N) is 1. The number of benzene rings is 1. The third-order valence-electron chi connectivity index (χ3n) is 4.31. The summed E-state index contributed by atoms with van der Waals surface area (Å²) in [4.78, 5) is 39.1. The molecule has 7 heteroatoms. The fourth-order valence-electron chi connectivity index (χ4n) is 2.64. The van der Waals surface area contributed by atoms with Gasteiger partial charge in [-0.15, -0.1) is 0 Å².